The van der Waals surface area contributed by atoms with E-state index >= 15 is 0 Å². The molecule has 0 aliphatic rings. The van der Waals surface area contributed by atoms with Gasteiger partial charge in [0, 0.05) is 11.4 Å². The first kappa shape index (κ1) is 16.1. The maximum Gasteiger partial charge on any atom is 0.241 e. The molecule has 0 heterocycles. The first-order chi connectivity index (χ1) is 7.61. The highest BCUT2D eigenvalue weighted by Crippen LogP contribution is 2.24. The van der Waals surface area contributed by atoms with Crippen molar-refractivity contribution >= 4 is 29.9 Å². The molecule has 0 aliphatic carbocycles. The summed E-state index contributed by atoms with van der Waals surface area (Å²) in [6.07, 6.45) is 0.185. The third-order valence-electron chi connectivity index (χ3n) is 2.21. The lowest BCUT2D eigenvalue weighted by atomic mass is 9.95. The van der Waals surface area contributed by atoms with Gasteiger partial charge in [0.2, 0.25) is 5.91 Å². The number of rotatable bonds is 4. The Balaban J connectivity index is 0.00000256. The van der Waals surface area contributed by atoms with Crippen LogP contribution in [0, 0.1) is 11.6 Å². The van der Waals surface area contributed by atoms with Gasteiger partial charge < -0.3 is 0 Å². The van der Waals surface area contributed by atoms with E-state index in [1.54, 1.807) is 0 Å². The predicted molar refractivity (Wildman–Crippen MR) is 64.0 cm³/mol. The fourth-order valence-corrected chi connectivity index (χ4v) is 1.65. The van der Waals surface area contributed by atoms with Crippen molar-refractivity contribution < 1.29 is 13.6 Å². The normalized spacial score (nSPS) is 11.5. The molecular weight excluding hydrogens is 273 g/mol. The third-order valence-corrected chi connectivity index (χ3v) is 2.43. The largest absolute Gasteiger partial charge is 0.294 e. The molecule has 96 valence electrons. The summed E-state index contributed by atoms with van der Waals surface area (Å²) in [4.78, 5) is 11.4. The number of hydrazine groups is 1. The van der Waals surface area contributed by atoms with E-state index in [1.807, 2.05) is 5.43 Å². The fraction of sp³-hybridized carbons (Fsp3) is 0.300. The lowest BCUT2D eigenvalue weighted by molar-refractivity contribution is -0.122. The summed E-state index contributed by atoms with van der Waals surface area (Å²) >= 11 is 5.50. The SMILES string of the molecule is Cl.NNC(=O)C(CCCl)c1cccc(F)c1F. The van der Waals surface area contributed by atoms with Gasteiger partial charge in [-0.15, -0.1) is 24.0 Å². The average molecular weight is 285 g/mol. The molecule has 0 aliphatic heterocycles. The van der Waals surface area contributed by atoms with E-state index in [0.717, 1.165) is 6.07 Å². The van der Waals surface area contributed by atoms with Gasteiger partial charge in [0.25, 0.3) is 0 Å². The molecule has 3 nitrogen and oxygen atoms in total. The zero-order chi connectivity index (χ0) is 12.1. The minimum absolute atomic E-state index is 0. The molecule has 17 heavy (non-hydrogen) atoms. The standard InChI is InChI=1S/C10H11ClF2N2O.ClH/c11-5-4-7(10(16)15-14)6-2-1-3-8(12)9(6)13;/h1-3,7H,4-5,14H2,(H,15,16);1H. The Morgan fingerprint density at radius 1 is 1.47 bits per heavy atom. The first-order valence-electron chi connectivity index (χ1n) is 4.62. The molecule has 0 aromatic heterocycles. The Bertz CT molecular complexity index is 391. The molecule has 0 saturated carbocycles. The molecule has 0 bridgehead atoms. The molecule has 0 spiro atoms. The van der Waals surface area contributed by atoms with Crippen molar-refractivity contribution in [3.8, 4) is 0 Å². The van der Waals surface area contributed by atoms with Crippen LogP contribution in [0.3, 0.4) is 0 Å². The Morgan fingerprint density at radius 2 is 2.12 bits per heavy atom. The highest BCUT2D eigenvalue weighted by Gasteiger charge is 2.23. The van der Waals surface area contributed by atoms with Crippen molar-refractivity contribution in [3.05, 3.63) is 35.4 Å². The smallest absolute Gasteiger partial charge is 0.241 e. The summed E-state index contributed by atoms with van der Waals surface area (Å²) in [6.45, 7) is 0. The fourth-order valence-electron chi connectivity index (χ4n) is 1.43. The van der Waals surface area contributed by atoms with Gasteiger partial charge in [0.15, 0.2) is 11.6 Å². The molecule has 3 N–H and O–H groups in total. The van der Waals surface area contributed by atoms with Crippen molar-refractivity contribution in [2.45, 2.75) is 12.3 Å². The molecule has 0 saturated heterocycles. The van der Waals surface area contributed by atoms with E-state index in [2.05, 4.69) is 0 Å². The number of nitrogens with two attached hydrogens (primary N) is 1. The molecule has 1 aromatic rings. The number of benzene rings is 1. The second kappa shape index (κ2) is 7.42. The summed E-state index contributed by atoms with van der Waals surface area (Å²) in [7, 11) is 0. The molecule has 1 atom stereocenters. The summed E-state index contributed by atoms with van der Waals surface area (Å²) in [6, 6.07) is 3.65. The van der Waals surface area contributed by atoms with Crippen LogP contribution in [-0.4, -0.2) is 11.8 Å². The molecule has 1 amide bonds. The highest BCUT2D eigenvalue weighted by atomic mass is 35.5. The third kappa shape index (κ3) is 3.80. The molecule has 1 unspecified atom stereocenters. The van der Waals surface area contributed by atoms with E-state index in [4.69, 9.17) is 17.4 Å². The Kier molecular flexibility index (Phi) is 7.03. The van der Waals surface area contributed by atoms with Crippen molar-refractivity contribution in [1.29, 1.82) is 0 Å². The molecule has 0 radical (unpaired) electrons. The second-order valence-electron chi connectivity index (χ2n) is 3.18. The predicted octanol–water partition coefficient (Wildman–Crippen LogP) is 2.09. The van der Waals surface area contributed by atoms with Gasteiger partial charge in [-0.2, -0.15) is 0 Å². The van der Waals surface area contributed by atoms with Crippen LogP contribution in [0.1, 0.15) is 17.9 Å². The maximum absolute atomic E-state index is 13.4. The highest BCUT2D eigenvalue weighted by molar-refractivity contribution is 6.18. The Hall–Kier alpha value is -0.910. The van der Waals surface area contributed by atoms with E-state index in [9.17, 15) is 13.6 Å². The number of nitrogens with one attached hydrogen (secondary N) is 1. The quantitative estimate of drug-likeness (QED) is 0.385. The lowest BCUT2D eigenvalue weighted by Crippen LogP contribution is -2.35. The molecule has 1 rings (SSSR count). The van der Waals surface area contributed by atoms with E-state index < -0.39 is 23.5 Å². The number of carbonyl (C=O) groups is 1. The summed E-state index contributed by atoms with van der Waals surface area (Å²) < 4.78 is 26.4. The van der Waals surface area contributed by atoms with Crippen LogP contribution in [0.5, 0.6) is 0 Å². The van der Waals surface area contributed by atoms with E-state index in [-0.39, 0.29) is 30.3 Å². The maximum atomic E-state index is 13.4. The second-order valence-corrected chi connectivity index (χ2v) is 3.56. The number of halogens is 4. The first-order valence-corrected chi connectivity index (χ1v) is 5.15. The minimum Gasteiger partial charge on any atom is -0.294 e. The van der Waals surface area contributed by atoms with Crippen molar-refractivity contribution in [2.24, 2.45) is 5.84 Å². The number of amides is 1. The van der Waals surface area contributed by atoms with Crippen LogP contribution >= 0.6 is 24.0 Å². The van der Waals surface area contributed by atoms with Gasteiger partial charge >= 0.3 is 0 Å². The number of alkyl halides is 1. The average Bonchev–Trinajstić information content (AvgIpc) is 2.29. The Labute approximate surface area is 109 Å². The Morgan fingerprint density at radius 3 is 2.65 bits per heavy atom. The zero-order valence-corrected chi connectivity index (χ0v) is 10.3. The monoisotopic (exact) mass is 284 g/mol. The van der Waals surface area contributed by atoms with Gasteiger partial charge in [-0.05, 0) is 12.5 Å². The van der Waals surface area contributed by atoms with E-state index in [0.29, 0.717) is 0 Å². The van der Waals surface area contributed by atoms with Crippen LogP contribution in [-0.2, 0) is 4.79 Å². The van der Waals surface area contributed by atoms with Gasteiger partial charge in [0.05, 0.1) is 5.92 Å². The number of hydrogen-bond donors (Lipinski definition) is 2. The summed E-state index contributed by atoms with van der Waals surface area (Å²) in [5.74, 6) is 1.61. The summed E-state index contributed by atoms with van der Waals surface area (Å²) in [5, 5.41) is 0. The van der Waals surface area contributed by atoms with Crippen LogP contribution in [0.25, 0.3) is 0 Å². The topological polar surface area (TPSA) is 55.1 Å². The molecular formula is C10H12Cl2F2N2O. The van der Waals surface area contributed by atoms with Gasteiger partial charge in [-0.3, -0.25) is 10.2 Å². The summed E-state index contributed by atoms with van der Waals surface area (Å²) in [5.41, 5.74) is 1.87. The molecule has 0 fully saturated rings. The van der Waals surface area contributed by atoms with Gasteiger partial charge in [0.1, 0.15) is 0 Å². The van der Waals surface area contributed by atoms with Crippen LogP contribution in [0.4, 0.5) is 8.78 Å². The van der Waals surface area contributed by atoms with E-state index in [1.165, 1.54) is 12.1 Å². The van der Waals surface area contributed by atoms with Crippen molar-refractivity contribution in [1.82, 2.24) is 5.43 Å². The minimum atomic E-state index is -1.04. The van der Waals surface area contributed by atoms with Gasteiger partial charge in [-0.1, -0.05) is 12.1 Å². The van der Waals surface area contributed by atoms with Crippen LogP contribution in [0.15, 0.2) is 18.2 Å². The van der Waals surface area contributed by atoms with Crippen LogP contribution in [0.2, 0.25) is 0 Å². The molecule has 1 aromatic carbocycles. The van der Waals surface area contributed by atoms with Gasteiger partial charge in [-0.25, -0.2) is 14.6 Å². The molecule has 7 heteroatoms. The van der Waals surface area contributed by atoms with Crippen molar-refractivity contribution in [2.75, 3.05) is 5.88 Å². The van der Waals surface area contributed by atoms with Crippen LogP contribution < -0.4 is 11.3 Å². The number of carbonyl (C=O) groups excluding carboxylic acids is 1. The number of hydrogen-bond acceptors (Lipinski definition) is 2. The van der Waals surface area contributed by atoms with Crippen molar-refractivity contribution in [3.63, 3.8) is 0 Å². The zero-order valence-electron chi connectivity index (χ0n) is 8.75. The lowest BCUT2D eigenvalue weighted by Gasteiger charge is -2.15.